The molecule has 0 unspecified atom stereocenters. The van der Waals surface area contributed by atoms with Gasteiger partial charge in [0.1, 0.15) is 18.1 Å². The summed E-state index contributed by atoms with van der Waals surface area (Å²) in [6, 6.07) is 25.3. The van der Waals surface area contributed by atoms with Crippen LogP contribution < -0.4 is 15.7 Å². The van der Waals surface area contributed by atoms with E-state index in [-0.39, 0.29) is 49.6 Å². The number of hydrogen-bond donors (Lipinski definition) is 2. The maximum Gasteiger partial charge on any atom is 0.333 e. The number of nitrogens with zero attached hydrogens (tertiary/aromatic N) is 4. The first kappa shape index (κ1) is 32.9. The molecular weight excluding hydrogens is 674 g/mol. The van der Waals surface area contributed by atoms with Crippen LogP contribution >= 0.6 is 15.9 Å². The lowest BCUT2D eigenvalue weighted by atomic mass is 10.0. The molecular formula is C37H36BrN5O5. The summed E-state index contributed by atoms with van der Waals surface area (Å²) in [5, 5.41) is 12.7. The number of carbonyl (C=O) groups excluding carboxylic acids is 2. The topological polar surface area (TPSA) is 119 Å². The van der Waals surface area contributed by atoms with Gasteiger partial charge in [0.2, 0.25) is 0 Å². The highest BCUT2D eigenvalue weighted by atomic mass is 79.9. The standard InChI is InChI=1S/C37H36BrN5O5/c1-23-18-26(11-16-31(23)38)36(46)41-21-33-34(35(45)40-19-27-8-4-5-9-30(27)32-10-6-7-17-39-32)43(37(47)42(33)20-24(41)2)28-12-14-29(15-13-28)48-22-25(3)44/h4-18,24-25,44H,19-22H2,1-3H3,(H,40,45)/t24-,25+/m0/s1. The van der Waals surface area contributed by atoms with Gasteiger partial charge in [0.25, 0.3) is 11.8 Å². The van der Waals surface area contributed by atoms with Crippen molar-refractivity contribution in [2.24, 2.45) is 0 Å². The highest BCUT2D eigenvalue weighted by Gasteiger charge is 2.35. The van der Waals surface area contributed by atoms with E-state index in [4.69, 9.17) is 4.74 Å². The fourth-order valence-corrected chi connectivity index (χ4v) is 6.17. The van der Waals surface area contributed by atoms with E-state index in [0.717, 1.165) is 26.9 Å². The fraction of sp³-hybridized carbons (Fsp3) is 0.243. The number of nitrogens with one attached hydrogen (secondary N) is 1. The van der Waals surface area contributed by atoms with Gasteiger partial charge < -0.3 is 20.1 Å². The summed E-state index contributed by atoms with van der Waals surface area (Å²) >= 11 is 3.50. The van der Waals surface area contributed by atoms with E-state index < -0.39 is 12.0 Å². The predicted molar refractivity (Wildman–Crippen MR) is 186 cm³/mol. The Balaban J connectivity index is 1.38. The average molecular weight is 711 g/mol. The lowest BCUT2D eigenvalue weighted by molar-refractivity contribution is 0.0610. The van der Waals surface area contributed by atoms with Crippen LogP contribution in [0.15, 0.2) is 100 Å². The third-order valence-corrected chi connectivity index (χ3v) is 9.30. The van der Waals surface area contributed by atoms with Crippen molar-refractivity contribution in [3.05, 3.63) is 134 Å². The average Bonchev–Trinajstić information content (AvgIpc) is 3.38. The Morgan fingerprint density at radius 1 is 1.06 bits per heavy atom. The third kappa shape index (κ3) is 6.69. The summed E-state index contributed by atoms with van der Waals surface area (Å²) in [5.41, 5.74) is 4.70. The second-order valence-electron chi connectivity index (χ2n) is 12.0. The first-order valence-corrected chi connectivity index (χ1v) is 16.5. The van der Waals surface area contributed by atoms with Crippen molar-refractivity contribution in [1.82, 2.24) is 24.3 Å². The van der Waals surface area contributed by atoms with Crippen molar-refractivity contribution in [3.8, 4) is 22.7 Å². The van der Waals surface area contributed by atoms with E-state index in [1.54, 1.807) is 52.9 Å². The molecule has 6 rings (SSSR count). The predicted octanol–water partition coefficient (Wildman–Crippen LogP) is 5.51. The van der Waals surface area contributed by atoms with E-state index in [0.29, 0.717) is 22.7 Å². The molecule has 0 aliphatic carbocycles. The fourth-order valence-electron chi connectivity index (χ4n) is 5.92. The quantitative estimate of drug-likeness (QED) is 0.209. The molecule has 48 heavy (non-hydrogen) atoms. The molecule has 3 aromatic carbocycles. The maximum atomic E-state index is 14.2. The molecule has 0 radical (unpaired) electrons. The first-order chi connectivity index (χ1) is 23.1. The molecule has 2 N–H and O–H groups in total. The van der Waals surface area contributed by atoms with Gasteiger partial charge in [0.15, 0.2) is 0 Å². The van der Waals surface area contributed by atoms with Crippen LogP contribution in [0.5, 0.6) is 5.75 Å². The minimum absolute atomic E-state index is 0.0697. The van der Waals surface area contributed by atoms with Crippen LogP contribution in [0.1, 0.15) is 51.5 Å². The van der Waals surface area contributed by atoms with Gasteiger partial charge in [-0.2, -0.15) is 0 Å². The molecule has 1 aliphatic heterocycles. The van der Waals surface area contributed by atoms with Crippen molar-refractivity contribution >= 4 is 27.7 Å². The normalized spacial score (nSPS) is 14.7. The number of aliphatic hydroxyl groups is 1. The highest BCUT2D eigenvalue weighted by Crippen LogP contribution is 2.27. The van der Waals surface area contributed by atoms with Crippen LogP contribution in [0.25, 0.3) is 16.9 Å². The van der Waals surface area contributed by atoms with Crippen LogP contribution in [-0.4, -0.2) is 54.7 Å². The van der Waals surface area contributed by atoms with E-state index >= 15 is 0 Å². The number of imidazole rings is 1. The number of benzene rings is 3. The lowest BCUT2D eigenvalue weighted by Crippen LogP contribution is -2.47. The molecule has 2 amide bonds. The molecule has 2 atom stereocenters. The zero-order chi connectivity index (χ0) is 33.9. The molecule has 246 valence electrons. The molecule has 10 nitrogen and oxygen atoms in total. The van der Waals surface area contributed by atoms with Crippen LogP contribution in [0.3, 0.4) is 0 Å². The van der Waals surface area contributed by atoms with Crippen LogP contribution in [-0.2, 0) is 19.6 Å². The Kier molecular flexibility index (Phi) is 9.61. The summed E-state index contributed by atoms with van der Waals surface area (Å²) in [7, 11) is 0. The highest BCUT2D eigenvalue weighted by molar-refractivity contribution is 9.10. The molecule has 0 saturated heterocycles. The van der Waals surface area contributed by atoms with Gasteiger partial charge >= 0.3 is 5.69 Å². The Morgan fingerprint density at radius 2 is 1.81 bits per heavy atom. The number of fused-ring (bicyclic) bond motifs is 1. The number of rotatable bonds is 9. The lowest BCUT2D eigenvalue weighted by Gasteiger charge is -2.34. The van der Waals surface area contributed by atoms with E-state index in [2.05, 4.69) is 26.2 Å². The molecule has 0 spiro atoms. The van der Waals surface area contributed by atoms with Crippen molar-refractivity contribution in [1.29, 1.82) is 0 Å². The molecule has 0 saturated carbocycles. The third-order valence-electron chi connectivity index (χ3n) is 8.41. The summed E-state index contributed by atoms with van der Waals surface area (Å²) in [6.45, 7) is 6.06. The number of amides is 2. The largest absolute Gasteiger partial charge is 0.491 e. The summed E-state index contributed by atoms with van der Waals surface area (Å²) in [4.78, 5) is 48.4. The maximum absolute atomic E-state index is 14.2. The molecule has 0 fully saturated rings. The Labute approximate surface area is 286 Å². The monoisotopic (exact) mass is 709 g/mol. The van der Waals surface area contributed by atoms with Gasteiger partial charge in [-0.1, -0.05) is 46.3 Å². The van der Waals surface area contributed by atoms with Gasteiger partial charge in [0, 0.05) is 40.9 Å². The Morgan fingerprint density at radius 3 is 2.52 bits per heavy atom. The van der Waals surface area contributed by atoms with Gasteiger partial charge in [0.05, 0.1) is 29.7 Å². The second-order valence-corrected chi connectivity index (χ2v) is 12.8. The summed E-state index contributed by atoms with van der Waals surface area (Å²) in [6.07, 6.45) is 1.08. The SMILES string of the molecule is Cc1cc(C(=O)N2Cc3c(C(=O)NCc4ccccc4-c4ccccn4)n(-c4ccc(OC[C@@H](C)O)cc4)c(=O)n3C[C@@H]2C)ccc1Br. The molecule has 1 aliphatic rings. The summed E-state index contributed by atoms with van der Waals surface area (Å²) in [5.74, 6) is -0.115. The van der Waals surface area contributed by atoms with Gasteiger partial charge in [-0.3, -0.25) is 23.7 Å². The number of pyridine rings is 1. The van der Waals surface area contributed by atoms with E-state index in [1.165, 1.54) is 4.57 Å². The minimum Gasteiger partial charge on any atom is -0.491 e. The van der Waals surface area contributed by atoms with Crippen molar-refractivity contribution in [3.63, 3.8) is 0 Å². The zero-order valence-corrected chi connectivity index (χ0v) is 28.5. The molecule has 0 bridgehead atoms. The number of halogens is 1. The number of carbonyl (C=O) groups is 2. The number of aliphatic hydroxyl groups excluding tert-OH is 1. The Bertz CT molecular complexity index is 2020. The molecule has 5 aromatic rings. The van der Waals surface area contributed by atoms with E-state index in [9.17, 15) is 19.5 Å². The summed E-state index contributed by atoms with van der Waals surface area (Å²) < 4.78 is 9.52. The molecule has 3 heterocycles. The van der Waals surface area contributed by atoms with Gasteiger partial charge in [-0.05, 0) is 86.5 Å². The van der Waals surface area contributed by atoms with Crippen LogP contribution in [0.2, 0.25) is 0 Å². The van der Waals surface area contributed by atoms with Gasteiger partial charge in [-0.15, -0.1) is 0 Å². The number of aromatic nitrogens is 3. The van der Waals surface area contributed by atoms with Gasteiger partial charge in [-0.25, -0.2) is 4.79 Å². The van der Waals surface area contributed by atoms with Crippen LogP contribution in [0.4, 0.5) is 0 Å². The molecule has 11 heteroatoms. The second kappa shape index (κ2) is 14.0. The Hall–Kier alpha value is -5.00. The first-order valence-electron chi connectivity index (χ1n) is 15.7. The van der Waals surface area contributed by atoms with Crippen molar-refractivity contribution < 1.29 is 19.4 Å². The minimum atomic E-state index is -0.641. The zero-order valence-electron chi connectivity index (χ0n) is 26.9. The van der Waals surface area contributed by atoms with E-state index in [1.807, 2.05) is 68.4 Å². The van der Waals surface area contributed by atoms with Crippen molar-refractivity contribution in [2.75, 3.05) is 6.61 Å². The van der Waals surface area contributed by atoms with Crippen molar-refractivity contribution in [2.45, 2.75) is 52.6 Å². The number of aryl methyl sites for hydroxylation is 1. The number of ether oxygens (including phenoxy) is 1. The molecule has 2 aromatic heterocycles. The van der Waals surface area contributed by atoms with Crippen LogP contribution in [0, 0.1) is 6.92 Å². The smallest absolute Gasteiger partial charge is 0.333 e. The number of hydrogen-bond acceptors (Lipinski definition) is 6.